The first-order valence-electron chi connectivity index (χ1n) is 4.19. The molecule has 0 radical (unpaired) electrons. The average molecular weight is 254 g/mol. The molecule has 0 spiro atoms. The van der Waals surface area contributed by atoms with Gasteiger partial charge in [-0.15, -0.1) is 0 Å². The third-order valence-electron chi connectivity index (χ3n) is 1.29. The molecule has 1 atom stereocenters. The first kappa shape index (κ1) is 13.3. The van der Waals surface area contributed by atoms with Gasteiger partial charge in [0.1, 0.15) is 0 Å². The molecule has 16 heavy (non-hydrogen) atoms. The van der Waals surface area contributed by atoms with Crippen LogP contribution in [0.4, 0.5) is 0 Å². The van der Waals surface area contributed by atoms with Gasteiger partial charge in [-0.1, -0.05) is 5.04 Å². The van der Waals surface area contributed by atoms with E-state index in [2.05, 4.69) is 29.3 Å². The Hall–Kier alpha value is -0.800. The molecule has 1 saturated heterocycles. The molecule has 1 aliphatic rings. The molecule has 0 bridgehead atoms. The number of imidazole rings is 1. The van der Waals surface area contributed by atoms with Gasteiger partial charge >= 0.3 is 7.82 Å². The van der Waals surface area contributed by atoms with E-state index < -0.39 is 14.1 Å². The molecule has 1 unspecified atom stereocenters. The summed E-state index contributed by atoms with van der Waals surface area (Å²) in [6, 6.07) is 0. The van der Waals surface area contributed by atoms with E-state index in [0.29, 0.717) is 0 Å². The van der Waals surface area contributed by atoms with Crippen molar-refractivity contribution in [2.45, 2.75) is 12.7 Å². The summed E-state index contributed by atoms with van der Waals surface area (Å²) in [5, 5.41) is 3.96. The van der Waals surface area contributed by atoms with Gasteiger partial charge in [0.05, 0.1) is 12.9 Å². The van der Waals surface area contributed by atoms with Crippen molar-refractivity contribution in [1.29, 1.82) is 0 Å². The number of aromatic nitrogens is 2. The van der Waals surface area contributed by atoms with Gasteiger partial charge in [-0.2, -0.15) is 4.89 Å². The molecule has 9 nitrogen and oxygen atoms in total. The maximum atomic E-state index is 10.2. The largest absolute Gasteiger partial charge is 0.472 e. The Morgan fingerprint density at radius 1 is 1.56 bits per heavy atom. The van der Waals surface area contributed by atoms with Crippen LogP contribution in [-0.2, 0) is 23.9 Å². The highest BCUT2D eigenvalue weighted by atomic mass is 31.2. The van der Waals surface area contributed by atoms with Crippen LogP contribution in [0, 0.1) is 0 Å². The van der Waals surface area contributed by atoms with E-state index in [1.807, 2.05) is 0 Å². The minimum Gasteiger partial charge on any atom is -0.351 e. The molecule has 0 aromatic carbocycles. The highest BCUT2D eigenvalue weighted by molar-refractivity contribution is 7.46. The minimum atomic E-state index is -4.49. The molecule has 0 saturated carbocycles. The third kappa shape index (κ3) is 6.64. The molecule has 1 fully saturated rings. The molecule has 1 aromatic heterocycles. The zero-order chi connectivity index (χ0) is 11.9. The van der Waals surface area contributed by atoms with Gasteiger partial charge in [-0.05, 0) is 0 Å². The summed E-state index contributed by atoms with van der Waals surface area (Å²) in [6.07, 6.45) is 4.23. The first-order valence-corrected chi connectivity index (χ1v) is 5.72. The van der Waals surface area contributed by atoms with Gasteiger partial charge in [0.25, 0.3) is 0 Å². The lowest BCUT2D eigenvalue weighted by molar-refractivity contribution is -0.566. The molecule has 10 heteroatoms. The number of rotatable bonds is 2. The van der Waals surface area contributed by atoms with Crippen LogP contribution < -0.4 is 0 Å². The number of hydrogen-bond donors (Lipinski definition) is 3. The zero-order valence-corrected chi connectivity index (χ0v) is 8.95. The van der Waals surface area contributed by atoms with Crippen LogP contribution in [-0.4, -0.2) is 32.7 Å². The minimum absolute atomic E-state index is 0.171. The van der Waals surface area contributed by atoms with Gasteiger partial charge in [0.2, 0.25) is 6.29 Å². The Bertz CT molecular complexity index is 289. The normalized spacial score (nSPS) is 21.0. The van der Waals surface area contributed by atoms with Crippen LogP contribution in [0.25, 0.3) is 0 Å². The van der Waals surface area contributed by atoms with Gasteiger partial charge in [0.15, 0.2) is 0 Å². The van der Waals surface area contributed by atoms with Crippen molar-refractivity contribution in [1.82, 2.24) is 9.97 Å². The second-order valence-electron chi connectivity index (χ2n) is 2.56. The lowest BCUT2D eigenvalue weighted by atomic mass is 10.4. The van der Waals surface area contributed by atoms with Crippen molar-refractivity contribution in [2.24, 2.45) is 0 Å². The fourth-order valence-corrected chi connectivity index (χ4v) is 1.18. The molecule has 2 rings (SSSR count). The number of hydrogen-bond acceptors (Lipinski definition) is 6. The van der Waals surface area contributed by atoms with E-state index in [0.717, 1.165) is 0 Å². The Morgan fingerprint density at radius 3 is 2.75 bits per heavy atom. The van der Waals surface area contributed by atoms with Gasteiger partial charge in [0, 0.05) is 18.8 Å². The van der Waals surface area contributed by atoms with Crippen LogP contribution in [0.1, 0.15) is 6.42 Å². The number of nitrogens with zero attached hydrogens (tertiary/aromatic N) is 1. The Balaban J connectivity index is 0.000000212. The highest BCUT2D eigenvalue weighted by Crippen LogP contribution is 2.38. The van der Waals surface area contributed by atoms with Crippen molar-refractivity contribution in [3.05, 3.63) is 18.7 Å². The summed E-state index contributed by atoms with van der Waals surface area (Å²) in [7, 11) is -4.49. The van der Waals surface area contributed by atoms with Crippen molar-refractivity contribution < 1.29 is 33.7 Å². The number of nitrogens with one attached hydrogen (secondary N) is 1. The summed E-state index contributed by atoms with van der Waals surface area (Å²) in [4.78, 5) is 31.5. The summed E-state index contributed by atoms with van der Waals surface area (Å²) in [6.45, 7) is 0.171. The average Bonchev–Trinajstić information content (AvgIpc) is 2.74. The fraction of sp³-hybridized carbons (Fsp3) is 0.500. The Morgan fingerprint density at radius 2 is 2.38 bits per heavy atom. The van der Waals surface area contributed by atoms with E-state index in [4.69, 9.17) is 9.79 Å². The molecule has 1 aromatic rings. The van der Waals surface area contributed by atoms with E-state index in [1.165, 1.54) is 0 Å². The summed E-state index contributed by atoms with van der Waals surface area (Å²) in [5.74, 6) is 0. The van der Waals surface area contributed by atoms with Crippen LogP contribution in [0.15, 0.2) is 18.7 Å². The van der Waals surface area contributed by atoms with Crippen molar-refractivity contribution in [2.75, 3.05) is 6.61 Å². The third-order valence-corrected chi connectivity index (χ3v) is 1.80. The molecular weight excluding hydrogens is 243 g/mol. The van der Waals surface area contributed by atoms with E-state index in [-0.39, 0.29) is 13.0 Å². The summed E-state index contributed by atoms with van der Waals surface area (Å²) >= 11 is 0. The number of phosphoric ester groups is 1. The summed E-state index contributed by atoms with van der Waals surface area (Å²) in [5.41, 5.74) is 0. The van der Waals surface area contributed by atoms with Crippen LogP contribution in [0.5, 0.6) is 0 Å². The Kier molecular flexibility index (Phi) is 5.56. The van der Waals surface area contributed by atoms with E-state index in [1.54, 1.807) is 18.7 Å². The van der Waals surface area contributed by atoms with Gasteiger partial charge in [-0.3, -0.25) is 4.52 Å². The quantitative estimate of drug-likeness (QED) is 0.502. The van der Waals surface area contributed by atoms with Crippen molar-refractivity contribution in [3.63, 3.8) is 0 Å². The fourth-order valence-electron chi connectivity index (χ4n) is 0.737. The van der Waals surface area contributed by atoms with Gasteiger partial charge in [-0.25, -0.2) is 14.4 Å². The molecule has 0 aliphatic carbocycles. The SMILES string of the molecule is O=P(O)(O)OC1CCOOO1.c1c[nH]cn1. The van der Waals surface area contributed by atoms with Crippen molar-refractivity contribution >= 4 is 7.82 Å². The topological polar surface area (TPSA) is 123 Å². The predicted molar refractivity (Wildman–Crippen MR) is 48.2 cm³/mol. The van der Waals surface area contributed by atoms with Crippen LogP contribution >= 0.6 is 7.82 Å². The molecule has 92 valence electrons. The van der Waals surface area contributed by atoms with E-state index in [9.17, 15) is 4.57 Å². The second kappa shape index (κ2) is 6.71. The number of aromatic amines is 1. The highest BCUT2D eigenvalue weighted by Gasteiger charge is 2.26. The maximum Gasteiger partial charge on any atom is 0.472 e. The van der Waals surface area contributed by atoms with Crippen LogP contribution in [0.3, 0.4) is 0 Å². The van der Waals surface area contributed by atoms with Crippen LogP contribution in [0.2, 0.25) is 0 Å². The van der Waals surface area contributed by atoms with E-state index >= 15 is 0 Å². The zero-order valence-electron chi connectivity index (χ0n) is 8.05. The predicted octanol–water partition coefficient (Wildman–Crippen LogP) is 0.115. The molecule has 0 amide bonds. The second-order valence-corrected chi connectivity index (χ2v) is 3.75. The number of H-pyrrole nitrogens is 1. The molecule has 1 aliphatic heterocycles. The lowest BCUT2D eigenvalue weighted by Gasteiger charge is -2.19. The van der Waals surface area contributed by atoms with Crippen molar-refractivity contribution in [3.8, 4) is 0 Å². The monoisotopic (exact) mass is 254 g/mol. The number of phosphoric acid groups is 1. The molecule has 3 N–H and O–H groups in total. The maximum absolute atomic E-state index is 10.2. The van der Waals surface area contributed by atoms with Gasteiger partial charge < -0.3 is 14.8 Å². The standard InChI is InChI=1S/C3H4N2.C3H7O7P/c1-2-5-3-4-1;4-11(5,6)9-3-1-2-7-10-8-3/h1-3H,(H,4,5);3H,1-2H2,(H2,4,5,6). The molecular formula is C6H11N2O7P. The summed E-state index contributed by atoms with van der Waals surface area (Å²) < 4.78 is 14.3. The first-order chi connectivity index (χ1) is 7.58. The Labute approximate surface area is 90.4 Å². The smallest absolute Gasteiger partial charge is 0.351 e. The lowest BCUT2D eigenvalue weighted by Crippen LogP contribution is -2.23. The molecule has 2 heterocycles.